The summed E-state index contributed by atoms with van der Waals surface area (Å²) in [7, 11) is -3.21. The molecule has 0 aromatic heterocycles. The lowest BCUT2D eigenvalue weighted by molar-refractivity contribution is 0.0876. The zero-order valence-electron chi connectivity index (χ0n) is 19.0. The molecule has 5 rings (SSSR count). The van der Waals surface area contributed by atoms with Gasteiger partial charge in [-0.25, -0.2) is 17.5 Å². The van der Waals surface area contributed by atoms with Gasteiger partial charge in [0.1, 0.15) is 18.2 Å². The van der Waals surface area contributed by atoms with Crippen molar-refractivity contribution in [3.8, 4) is 5.75 Å². The van der Waals surface area contributed by atoms with Crippen molar-refractivity contribution in [1.29, 1.82) is 0 Å². The van der Waals surface area contributed by atoms with Gasteiger partial charge in [-0.2, -0.15) is 0 Å². The predicted octanol–water partition coefficient (Wildman–Crippen LogP) is 3.88. The first kappa shape index (κ1) is 22.8. The highest BCUT2D eigenvalue weighted by Gasteiger charge is 2.36. The fourth-order valence-corrected chi connectivity index (χ4v) is 6.71. The molecule has 5 nitrogen and oxygen atoms in total. The molecular formula is C26H33FN2O3S. The lowest BCUT2D eigenvalue weighted by atomic mass is 9.75. The highest BCUT2D eigenvalue weighted by molar-refractivity contribution is 7.89. The molecule has 2 unspecified atom stereocenters. The Hall–Kier alpha value is -1.96. The van der Waals surface area contributed by atoms with Gasteiger partial charge < -0.3 is 4.74 Å². The Morgan fingerprint density at radius 3 is 2.67 bits per heavy atom. The molecule has 0 bridgehead atoms. The maximum Gasteiger partial charge on any atom is 0.211 e. The minimum Gasteiger partial charge on any atom is -0.492 e. The van der Waals surface area contributed by atoms with E-state index in [0.717, 1.165) is 56.5 Å². The van der Waals surface area contributed by atoms with Crippen LogP contribution in [-0.4, -0.2) is 51.4 Å². The normalized spacial score (nSPS) is 23.1. The summed E-state index contributed by atoms with van der Waals surface area (Å²) < 4.78 is 46.6. The quantitative estimate of drug-likeness (QED) is 0.533. The van der Waals surface area contributed by atoms with Crippen molar-refractivity contribution in [2.45, 2.75) is 50.5 Å². The molecule has 2 aliphatic carbocycles. The van der Waals surface area contributed by atoms with Gasteiger partial charge in [-0.1, -0.05) is 18.2 Å². The van der Waals surface area contributed by atoms with Gasteiger partial charge in [-0.05, 0) is 98.5 Å². The van der Waals surface area contributed by atoms with Gasteiger partial charge in [0.15, 0.2) is 0 Å². The van der Waals surface area contributed by atoms with Crippen LogP contribution in [0.15, 0.2) is 42.5 Å². The van der Waals surface area contributed by atoms with E-state index in [9.17, 15) is 12.8 Å². The SMILES string of the molecule is O=S(=O)(CC1CC1)NCCOc1ccc2c(c1)C(Cc1cccc(F)c1)C(N1CCC1)CC2. The maximum atomic E-state index is 13.9. The topological polar surface area (TPSA) is 58.6 Å². The summed E-state index contributed by atoms with van der Waals surface area (Å²) in [5.74, 6) is 1.43. The summed E-state index contributed by atoms with van der Waals surface area (Å²) in [5, 5.41) is 0. The summed E-state index contributed by atoms with van der Waals surface area (Å²) in [4.78, 5) is 2.56. The molecule has 33 heavy (non-hydrogen) atoms. The summed E-state index contributed by atoms with van der Waals surface area (Å²) >= 11 is 0. The number of nitrogens with zero attached hydrogens (tertiary/aromatic N) is 1. The molecule has 0 amide bonds. The van der Waals surface area contributed by atoms with E-state index in [1.807, 2.05) is 12.1 Å². The van der Waals surface area contributed by atoms with Crippen molar-refractivity contribution in [2.24, 2.45) is 5.92 Å². The molecule has 2 aromatic rings. The fraction of sp³-hybridized carbons (Fsp3) is 0.538. The Morgan fingerprint density at radius 1 is 1.09 bits per heavy atom. The summed E-state index contributed by atoms with van der Waals surface area (Å²) in [6.07, 6.45) is 6.24. The molecule has 0 radical (unpaired) electrons. The van der Waals surface area contributed by atoms with Crippen LogP contribution in [0.4, 0.5) is 4.39 Å². The van der Waals surface area contributed by atoms with E-state index < -0.39 is 10.0 Å². The smallest absolute Gasteiger partial charge is 0.211 e. The van der Waals surface area contributed by atoms with Crippen LogP contribution in [0.1, 0.15) is 48.3 Å². The molecule has 1 saturated carbocycles. The second-order valence-electron chi connectivity index (χ2n) is 9.76. The van der Waals surface area contributed by atoms with Crippen LogP contribution in [-0.2, 0) is 22.9 Å². The van der Waals surface area contributed by atoms with Gasteiger partial charge >= 0.3 is 0 Å². The van der Waals surface area contributed by atoms with E-state index in [1.54, 1.807) is 12.1 Å². The number of hydrogen-bond donors (Lipinski definition) is 1. The van der Waals surface area contributed by atoms with E-state index in [2.05, 4.69) is 21.8 Å². The largest absolute Gasteiger partial charge is 0.492 e. The number of ether oxygens (including phenoxy) is 1. The summed E-state index contributed by atoms with van der Waals surface area (Å²) in [6.45, 7) is 2.84. The van der Waals surface area contributed by atoms with Crippen molar-refractivity contribution >= 4 is 10.0 Å². The number of hydrogen-bond acceptors (Lipinski definition) is 4. The van der Waals surface area contributed by atoms with Crippen LogP contribution in [0, 0.1) is 11.7 Å². The first-order chi connectivity index (χ1) is 16.0. The number of sulfonamides is 1. The Kier molecular flexibility index (Phi) is 6.72. The molecule has 2 fully saturated rings. The van der Waals surface area contributed by atoms with Crippen LogP contribution >= 0.6 is 0 Å². The Balaban J connectivity index is 1.28. The second-order valence-corrected chi connectivity index (χ2v) is 11.6. The van der Waals surface area contributed by atoms with Gasteiger partial charge in [-0.15, -0.1) is 0 Å². The lowest BCUT2D eigenvalue weighted by Crippen LogP contribution is -2.49. The molecule has 1 saturated heterocycles. The third kappa shape index (κ3) is 5.76. The average Bonchev–Trinajstić information content (AvgIpc) is 3.55. The number of fused-ring (bicyclic) bond motifs is 1. The standard InChI is InChI=1S/C26H33FN2O3S/c27-22-4-1-3-20(15-22)16-25-24-17-23(32-14-11-28-33(30,31)18-19-5-6-19)9-7-21(24)8-10-26(25)29-12-2-13-29/h1,3-4,7,9,15,17,19,25-26,28H,2,5-6,8,10-14,16,18H2. The monoisotopic (exact) mass is 472 g/mol. The third-order valence-corrected chi connectivity index (χ3v) is 8.79. The summed E-state index contributed by atoms with van der Waals surface area (Å²) in [6, 6.07) is 13.7. The molecule has 7 heteroatoms. The van der Waals surface area contributed by atoms with E-state index >= 15 is 0 Å². The van der Waals surface area contributed by atoms with Gasteiger partial charge in [0.2, 0.25) is 10.0 Å². The fourth-order valence-electron chi connectivity index (χ4n) is 5.24. The molecule has 1 heterocycles. The third-order valence-electron chi connectivity index (χ3n) is 7.24. The highest BCUT2D eigenvalue weighted by atomic mass is 32.2. The average molecular weight is 473 g/mol. The highest BCUT2D eigenvalue weighted by Crippen LogP contribution is 2.40. The molecule has 2 aromatic carbocycles. The predicted molar refractivity (Wildman–Crippen MR) is 128 cm³/mol. The second kappa shape index (κ2) is 9.72. The van der Waals surface area contributed by atoms with Crippen LogP contribution in [0.5, 0.6) is 5.75 Å². The molecular weight excluding hydrogens is 439 g/mol. The number of likely N-dealkylation sites (tertiary alicyclic amines) is 1. The number of halogens is 1. The van der Waals surface area contributed by atoms with Crippen LogP contribution in [0.3, 0.4) is 0 Å². The van der Waals surface area contributed by atoms with Crippen LogP contribution in [0.25, 0.3) is 0 Å². The van der Waals surface area contributed by atoms with Crippen LogP contribution < -0.4 is 9.46 Å². The molecule has 178 valence electrons. The first-order valence-electron chi connectivity index (χ1n) is 12.2. The van der Waals surface area contributed by atoms with Gasteiger partial charge in [0.25, 0.3) is 0 Å². The van der Waals surface area contributed by atoms with E-state index in [1.165, 1.54) is 23.6 Å². The van der Waals surface area contributed by atoms with E-state index in [0.29, 0.717) is 18.6 Å². The number of benzene rings is 2. The van der Waals surface area contributed by atoms with Gasteiger partial charge in [-0.3, -0.25) is 4.90 Å². The van der Waals surface area contributed by atoms with E-state index in [-0.39, 0.29) is 24.0 Å². The summed E-state index contributed by atoms with van der Waals surface area (Å²) in [5.41, 5.74) is 3.65. The van der Waals surface area contributed by atoms with Crippen molar-refractivity contribution in [1.82, 2.24) is 9.62 Å². The molecule has 1 N–H and O–H groups in total. The van der Waals surface area contributed by atoms with Crippen molar-refractivity contribution in [3.05, 3.63) is 65.0 Å². The van der Waals surface area contributed by atoms with E-state index in [4.69, 9.17) is 4.74 Å². The maximum absolute atomic E-state index is 13.9. The number of aryl methyl sites for hydroxylation is 1. The van der Waals surface area contributed by atoms with Crippen LogP contribution in [0.2, 0.25) is 0 Å². The molecule has 0 spiro atoms. The Bertz CT molecular complexity index is 1080. The van der Waals surface area contributed by atoms with Gasteiger partial charge in [0, 0.05) is 18.5 Å². The first-order valence-corrected chi connectivity index (χ1v) is 13.8. The minimum atomic E-state index is -3.21. The van der Waals surface area contributed by atoms with Gasteiger partial charge in [0.05, 0.1) is 5.75 Å². The molecule has 1 aliphatic heterocycles. The zero-order chi connectivity index (χ0) is 22.8. The minimum absolute atomic E-state index is 0.190. The Labute approximate surface area is 196 Å². The molecule has 3 aliphatic rings. The number of nitrogens with one attached hydrogen (secondary N) is 1. The zero-order valence-corrected chi connectivity index (χ0v) is 19.8. The van der Waals surface area contributed by atoms with Crippen molar-refractivity contribution < 1.29 is 17.5 Å². The lowest BCUT2D eigenvalue weighted by Gasteiger charge is -2.45. The Morgan fingerprint density at radius 2 is 1.94 bits per heavy atom. The molecule has 2 atom stereocenters. The number of rotatable bonds is 10. The van der Waals surface area contributed by atoms with Crippen molar-refractivity contribution in [3.63, 3.8) is 0 Å². The van der Waals surface area contributed by atoms with Crippen molar-refractivity contribution in [2.75, 3.05) is 32.0 Å².